The van der Waals surface area contributed by atoms with Crippen molar-refractivity contribution in [1.82, 2.24) is 14.8 Å². The molecular weight excluding hydrogens is 435 g/mol. The van der Waals surface area contributed by atoms with E-state index in [4.69, 9.17) is 23.2 Å². The van der Waals surface area contributed by atoms with Crippen LogP contribution in [-0.2, 0) is 6.18 Å². The Labute approximate surface area is 171 Å². The highest BCUT2D eigenvalue weighted by Gasteiger charge is 2.30. The van der Waals surface area contributed by atoms with Crippen molar-refractivity contribution < 1.29 is 17.6 Å². The van der Waals surface area contributed by atoms with E-state index in [2.05, 4.69) is 15.4 Å². The molecule has 1 atom stereocenters. The largest absolute Gasteiger partial charge is 0.417 e. The van der Waals surface area contributed by atoms with E-state index in [-0.39, 0.29) is 27.1 Å². The van der Waals surface area contributed by atoms with E-state index in [1.54, 1.807) is 6.92 Å². The van der Waals surface area contributed by atoms with E-state index in [1.165, 1.54) is 24.4 Å². The van der Waals surface area contributed by atoms with Gasteiger partial charge in [0.05, 0.1) is 23.5 Å². The van der Waals surface area contributed by atoms with E-state index >= 15 is 0 Å². The number of nitrogens with zero attached hydrogens (tertiary/aromatic N) is 3. The van der Waals surface area contributed by atoms with E-state index in [1.807, 2.05) is 0 Å². The lowest BCUT2D eigenvalue weighted by Gasteiger charge is -2.18. The van der Waals surface area contributed by atoms with Gasteiger partial charge in [0.1, 0.15) is 10.8 Å². The first kappa shape index (κ1) is 21.1. The summed E-state index contributed by atoms with van der Waals surface area (Å²) < 4.78 is 52.8. The summed E-state index contributed by atoms with van der Waals surface area (Å²) in [5.74, 6) is -0.675. The van der Waals surface area contributed by atoms with Gasteiger partial charge in [0, 0.05) is 16.8 Å². The van der Waals surface area contributed by atoms with Crippen LogP contribution in [0.1, 0.15) is 24.1 Å². The Morgan fingerprint density at radius 1 is 1.14 bits per heavy atom. The minimum Gasteiger partial charge on any atom is -0.376 e. The summed E-state index contributed by atoms with van der Waals surface area (Å²) in [4.78, 5) is 16.1. The number of hydrogen-bond donors (Lipinski definition) is 1. The second-order valence-electron chi connectivity index (χ2n) is 5.99. The van der Waals surface area contributed by atoms with Crippen molar-refractivity contribution in [3.8, 4) is 5.82 Å². The first-order valence-corrected chi connectivity index (χ1v) is 8.87. The highest BCUT2D eigenvalue weighted by molar-refractivity contribution is 6.33. The molecule has 1 aromatic carbocycles. The van der Waals surface area contributed by atoms with Gasteiger partial charge in [0.25, 0.3) is 5.56 Å². The zero-order chi connectivity index (χ0) is 21.3. The fourth-order valence-electron chi connectivity index (χ4n) is 2.61. The van der Waals surface area contributed by atoms with Crippen molar-refractivity contribution in [3.63, 3.8) is 0 Å². The third-order valence-corrected chi connectivity index (χ3v) is 4.71. The summed E-state index contributed by atoms with van der Waals surface area (Å²) in [6, 6.07) is 5.35. The summed E-state index contributed by atoms with van der Waals surface area (Å²) >= 11 is 12.1. The standard InChI is InChI=1S/C18H12Cl2F4N4O/c1-9(15-11(19)3-2-4-12(15)21)27-13-8-26-28(17(29)16(13)20)14-6-5-10(7-25-14)18(22,23)24/h2-9,27H,1H3. The summed E-state index contributed by atoms with van der Waals surface area (Å²) in [5, 5.41) is 6.64. The molecule has 3 aromatic rings. The topological polar surface area (TPSA) is 59.8 Å². The fourth-order valence-corrected chi connectivity index (χ4v) is 3.12. The maximum absolute atomic E-state index is 14.1. The predicted octanol–water partition coefficient (Wildman–Crippen LogP) is 5.27. The monoisotopic (exact) mass is 446 g/mol. The van der Waals surface area contributed by atoms with Crippen molar-refractivity contribution >= 4 is 28.9 Å². The van der Waals surface area contributed by atoms with E-state index in [0.29, 0.717) is 6.20 Å². The van der Waals surface area contributed by atoms with Gasteiger partial charge < -0.3 is 5.32 Å². The molecule has 0 radical (unpaired) electrons. The molecule has 1 N–H and O–H groups in total. The van der Waals surface area contributed by atoms with Crippen LogP contribution in [0.5, 0.6) is 0 Å². The van der Waals surface area contributed by atoms with Crippen molar-refractivity contribution in [2.75, 3.05) is 5.32 Å². The molecule has 1 unspecified atom stereocenters. The number of aromatic nitrogens is 3. The molecule has 0 amide bonds. The van der Waals surface area contributed by atoms with Gasteiger partial charge in [-0.25, -0.2) is 9.37 Å². The minimum absolute atomic E-state index is 0.103. The summed E-state index contributed by atoms with van der Waals surface area (Å²) in [5.41, 5.74) is -1.49. The van der Waals surface area contributed by atoms with Crippen LogP contribution in [-0.4, -0.2) is 14.8 Å². The molecule has 11 heteroatoms. The van der Waals surface area contributed by atoms with E-state index in [9.17, 15) is 22.4 Å². The van der Waals surface area contributed by atoms with Crippen molar-refractivity contribution in [2.24, 2.45) is 0 Å². The van der Waals surface area contributed by atoms with Crippen LogP contribution < -0.4 is 10.9 Å². The molecule has 0 spiro atoms. The molecule has 0 saturated heterocycles. The zero-order valence-corrected chi connectivity index (χ0v) is 16.1. The second kappa shape index (κ2) is 8.00. The van der Waals surface area contributed by atoms with Crippen LogP contribution in [0, 0.1) is 5.82 Å². The predicted molar refractivity (Wildman–Crippen MR) is 101 cm³/mol. The molecule has 3 rings (SSSR count). The molecule has 0 fully saturated rings. The number of benzene rings is 1. The maximum atomic E-state index is 14.1. The Morgan fingerprint density at radius 2 is 1.86 bits per heavy atom. The number of hydrogen-bond acceptors (Lipinski definition) is 4. The van der Waals surface area contributed by atoms with Gasteiger partial charge >= 0.3 is 6.18 Å². The third-order valence-electron chi connectivity index (χ3n) is 4.02. The Bertz CT molecular complexity index is 1080. The third kappa shape index (κ3) is 4.35. The SMILES string of the molecule is CC(Nc1cnn(-c2ccc(C(F)(F)F)cn2)c(=O)c1Cl)c1c(F)cccc1Cl. The lowest BCUT2D eigenvalue weighted by Crippen LogP contribution is -2.24. The molecule has 152 valence electrons. The van der Waals surface area contributed by atoms with Crippen molar-refractivity contribution in [2.45, 2.75) is 19.1 Å². The molecule has 5 nitrogen and oxygen atoms in total. The van der Waals surface area contributed by atoms with Crippen molar-refractivity contribution in [1.29, 1.82) is 0 Å². The smallest absolute Gasteiger partial charge is 0.376 e. The van der Waals surface area contributed by atoms with E-state index < -0.39 is 29.2 Å². The Balaban J connectivity index is 1.91. The highest BCUT2D eigenvalue weighted by Crippen LogP contribution is 2.30. The van der Waals surface area contributed by atoms with Crippen LogP contribution in [0.15, 0.2) is 47.5 Å². The van der Waals surface area contributed by atoms with Crippen LogP contribution in [0.2, 0.25) is 10.0 Å². The van der Waals surface area contributed by atoms with Gasteiger partial charge in [-0.05, 0) is 31.2 Å². The first-order chi connectivity index (χ1) is 13.6. The maximum Gasteiger partial charge on any atom is 0.417 e. The molecule has 0 aliphatic rings. The highest BCUT2D eigenvalue weighted by atomic mass is 35.5. The normalized spacial score (nSPS) is 12.7. The number of pyridine rings is 1. The number of rotatable bonds is 4. The molecule has 0 aliphatic heterocycles. The molecule has 0 bridgehead atoms. The van der Waals surface area contributed by atoms with Crippen LogP contribution >= 0.6 is 23.2 Å². The molecule has 29 heavy (non-hydrogen) atoms. The number of anilines is 1. The lowest BCUT2D eigenvalue weighted by atomic mass is 10.1. The first-order valence-electron chi connectivity index (χ1n) is 8.11. The molecule has 2 heterocycles. The van der Waals surface area contributed by atoms with Crippen LogP contribution in [0.4, 0.5) is 23.2 Å². The average Bonchev–Trinajstić information content (AvgIpc) is 2.65. The van der Waals surface area contributed by atoms with Gasteiger partial charge in [-0.2, -0.15) is 23.0 Å². The second-order valence-corrected chi connectivity index (χ2v) is 6.78. The van der Waals surface area contributed by atoms with Crippen molar-refractivity contribution in [3.05, 3.63) is 80.1 Å². The average molecular weight is 447 g/mol. The van der Waals surface area contributed by atoms with Gasteiger partial charge in [-0.3, -0.25) is 4.79 Å². The minimum atomic E-state index is -4.56. The summed E-state index contributed by atoms with van der Waals surface area (Å²) in [7, 11) is 0. The van der Waals surface area contributed by atoms with Crippen LogP contribution in [0.3, 0.4) is 0 Å². The Morgan fingerprint density at radius 3 is 2.45 bits per heavy atom. The lowest BCUT2D eigenvalue weighted by molar-refractivity contribution is -0.137. The van der Waals surface area contributed by atoms with Crippen LogP contribution in [0.25, 0.3) is 5.82 Å². The summed E-state index contributed by atoms with van der Waals surface area (Å²) in [6.07, 6.45) is -2.78. The number of halogens is 6. The fraction of sp³-hybridized carbons (Fsp3) is 0.167. The van der Waals surface area contributed by atoms with Gasteiger partial charge in [-0.15, -0.1) is 0 Å². The molecule has 0 saturated carbocycles. The molecule has 2 aromatic heterocycles. The Hall–Kier alpha value is -2.65. The summed E-state index contributed by atoms with van der Waals surface area (Å²) in [6.45, 7) is 1.61. The number of alkyl halides is 3. The van der Waals surface area contributed by atoms with E-state index in [0.717, 1.165) is 16.8 Å². The van der Waals surface area contributed by atoms with Gasteiger partial charge in [0.2, 0.25) is 0 Å². The Kier molecular flexibility index (Phi) is 5.81. The zero-order valence-electron chi connectivity index (χ0n) is 14.6. The van der Waals surface area contributed by atoms with Gasteiger partial charge in [-0.1, -0.05) is 29.3 Å². The quantitative estimate of drug-likeness (QED) is 0.554. The molecule has 0 aliphatic carbocycles. The number of nitrogens with one attached hydrogen (secondary N) is 1. The molecular formula is C18H12Cl2F4N4O. The van der Waals surface area contributed by atoms with Gasteiger partial charge in [0.15, 0.2) is 5.82 Å².